The Hall–Kier alpha value is -1.03. The summed E-state index contributed by atoms with van der Waals surface area (Å²) >= 11 is 6.14. The molecule has 2 saturated carbocycles. The van der Waals surface area contributed by atoms with Gasteiger partial charge in [-0.05, 0) is 57.8 Å². The van der Waals surface area contributed by atoms with Crippen molar-refractivity contribution in [2.24, 2.45) is 17.8 Å². The van der Waals surface area contributed by atoms with Crippen molar-refractivity contribution in [1.82, 2.24) is 15.1 Å². The molecule has 22 heavy (non-hydrogen) atoms. The van der Waals surface area contributed by atoms with Gasteiger partial charge in [-0.1, -0.05) is 18.0 Å². The maximum atomic E-state index is 12.2. The molecule has 1 heterocycles. The first-order valence-corrected chi connectivity index (χ1v) is 8.82. The number of hydrogen-bond donors (Lipinski definition) is 1. The Balaban J connectivity index is 1.49. The Labute approximate surface area is 137 Å². The summed E-state index contributed by atoms with van der Waals surface area (Å²) in [7, 11) is 0. The predicted molar refractivity (Wildman–Crippen MR) is 87.9 cm³/mol. The standard InChI is InChI=1S/C17H26ClN3O/c1-10(15-9-13-4-5-14(15)8-13)19-16(22)6-7-21-12(3)17(18)11(2)20-21/h10,13-15H,4-9H2,1-3H3,(H,19,22). The number of fused-ring (bicyclic) bond motifs is 2. The summed E-state index contributed by atoms with van der Waals surface area (Å²) in [5.74, 6) is 2.58. The minimum absolute atomic E-state index is 0.124. The van der Waals surface area contributed by atoms with Crippen molar-refractivity contribution in [3.8, 4) is 0 Å². The van der Waals surface area contributed by atoms with E-state index in [0.29, 0.717) is 29.9 Å². The molecule has 2 aliphatic rings. The van der Waals surface area contributed by atoms with E-state index in [-0.39, 0.29) is 5.91 Å². The lowest BCUT2D eigenvalue weighted by atomic mass is 9.84. The number of hydrogen-bond acceptors (Lipinski definition) is 2. The van der Waals surface area contributed by atoms with E-state index in [4.69, 9.17) is 11.6 Å². The fourth-order valence-corrected chi connectivity index (χ4v) is 4.58. The number of carbonyl (C=O) groups is 1. The lowest BCUT2D eigenvalue weighted by molar-refractivity contribution is -0.122. The van der Waals surface area contributed by atoms with Crippen LogP contribution in [0.4, 0.5) is 0 Å². The lowest BCUT2D eigenvalue weighted by Crippen LogP contribution is -2.40. The molecule has 1 aromatic rings. The summed E-state index contributed by atoms with van der Waals surface area (Å²) in [6, 6.07) is 0.298. The van der Waals surface area contributed by atoms with Gasteiger partial charge in [0.2, 0.25) is 5.91 Å². The molecule has 1 aromatic heterocycles. The maximum Gasteiger partial charge on any atom is 0.222 e. The average Bonchev–Trinajstić information content (AvgIpc) is 3.17. The number of aryl methyl sites for hydroxylation is 2. The van der Waals surface area contributed by atoms with Crippen LogP contribution >= 0.6 is 11.6 Å². The fraction of sp³-hybridized carbons (Fsp3) is 0.765. The van der Waals surface area contributed by atoms with E-state index >= 15 is 0 Å². The highest BCUT2D eigenvalue weighted by atomic mass is 35.5. The van der Waals surface area contributed by atoms with Crippen LogP contribution in [0.15, 0.2) is 0 Å². The van der Waals surface area contributed by atoms with Crippen LogP contribution < -0.4 is 5.32 Å². The molecule has 0 aromatic carbocycles. The van der Waals surface area contributed by atoms with Crippen molar-refractivity contribution in [1.29, 1.82) is 0 Å². The Bertz CT molecular complexity index is 568. The average molecular weight is 324 g/mol. The van der Waals surface area contributed by atoms with Gasteiger partial charge in [0.05, 0.1) is 23.0 Å². The zero-order valence-electron chi connectivity index (χ0n) is 13.7. The van der Waals surface area contributed by atoms with Crippen LogP contribution in [0.25, 0.3) is 0 Å². The second-order valence-electron chi connectivity index (χ2n) is 7.15. The van der Waals surface area contributed by atoms with Crippen molar-refractivity contribution in [3.05, 3.63) is 16.4 Å². The molecule has 2 aliphatic carbocycles. The topological polar surface area (TPSA) is 46.9 Å². The van der Waals surface area contributed by atoms with E-state index in [9.17, 15) is 4.79 Å². The van der Waals surface area contributed by atoms with Crippen LogP contribution in [0.1, 0.15) is 50.4 Å². The van der Waals surface area contributed by atoms with Crippen molar-refractivity contribution in [3.63, 3.8) is 0 Å². The van der Waals surface area contributed by atoms with Gasteiger partial charge in [-0.15, -0.1) is 0 Å². The first kappa shape index (κ1) is 15.9. The molecule has 0 spiro atoms. The number of carbonyl (C=O) groups excluding carboxylic acids is 1. The molecule has 4 nitrogen and oxygen atoms in total. The Kier molecular flexibility index (Phi) is 4.49. The molecular weight excluding hydrogens is 298 g/mol. The summed E-state index contributed by atoms with van der Waals surface area (Å²) in [5, 5.41) is 8.28. The highest BCUT2D eigenvalue weighted by Crippen LogP contribution is 2.49. The maximum absolute atomic E-state index is 12.2. The van der Waals surface area contributed by atoms with Crippen LogP contribution in [0.3, 0.4) is 0 Å². The summed E-state index contributed by atoms with van der Waals surface area (Å²) in [5.41, 5.74) is 1.77. The van der Waals surface area contributed by atoms with E-state index < -0.39 is 0 Å². The van der Waals surface area contributed by atoms with Crippen LogP contribution in [0.2, 0.25) is 5.02 Å². The summed E-state index contributed by atoms with van der Waals surface area (Å²) in [6.45, 7) is 6.60. The van der Waals surface area contributed by atoms with Gasteiger partial charge < -0.3 is 5.32 Å². The van der Waals surface area contributed by atoms with Gasteiger partial charge in [0.1, 0.15) is 0 Å². The Morgan fingerprint density at radius 2 is 2.18 bits per heavy atom. The molecule has 0 radical (unpaired) electrons. The van der Waals surface area contributed by atoms with Gasteiger partial charge in [-0.2, -0.15) is 5.10 Å². The molecule has 4 atom stereocenters. The number of nitrogens with one attached hydrogen (secondary N) is 1. The zero-order chi connectivity index (χ0) is 15.9. The van der Waals surface area contributed by atoms with Crippen molar-refractivity contribution in [2.45, 2.75) is 65.5 Å². The van der Waals surface area contributed by atoms with Crippen LogP contribution in [0, 0.1) is 31.6 Å². The largest absolute Gasteiger partial charge is 0.353 e. The summed E-state index contributed by atoms with van der Waals surface area (Å²) < 4.78 is 1.83. The zero-order valence-corrected chi connectivity index (χ0v) is 14.5. The molecule has 2 bridgehead atoms. The number of amides is 1. The smallest absolute Gasteiger partial charge is 0.222 e. The van der Waals surface area contributed by atoms with E-state index in [1.165, 1.54) is 25.7 Å². The predicted octanol–water partition coefficient (Wildman–Crippen LogP) is 3.48. The third-order valence-corrected chi connectivity index (χ3v) is 6.21. The van der Waals surface area contributed by atoms with Crippen molar-refractivity contribution < 1.29 is 4.79 Å². The summed E-state index contributed by atoms with van der Waals surface area (Å²) in [6.07, 6.45) is 5.91. The number of nitrogens with zero attached hydrogens (tertiary/aromatic N) is 2. The van der Waals surface area contributed by atoms with Gasteiger partial charge in [0, 0.05) is 12.5 Å². The molecular formula is C17H26ClN3O. The molecule has 122 valence electrons. The molecule has 4 unspecified atom stereocenters. The Morgan fingerprint density at radius 3 is 2.73 bits per heavy atom. The van der Waals surface area contributed by atoms with E-state index in [2.05, 4.69) is 17.3 Å². The highest BCUT2D eigenvalue weighted by molar-refractivity contribution is 6.31. The minimum Gasteiger partial charge on any atom is -0.353 e. The number of aromatic nitrogens is 2. The SMILES string of the molecule is Cc1nn(CCC(=O)NC(C)C2CC3CCC2C3)c(C)c1Cl. The molecule has 1 amide bonds. The third-order valence-electron chi connectivity index (χ3n) is 5.67. The molecule has 0 saturated heterocycles. The van der Waals surface area contributed by atoms with E-state index in [1.807, 2.05) is 18.5 Å². The fourth-order valence-electron chi connectivity index (χ4n) is 4.44. The second-order valence-corrected chi connectivity index (χ2v) is 7.53. The second kappa shape index (κ2) is 6.23. The first-order valence-electron chi connectivity index (χ1n) is 8.44. The molecule has 0 aliphatic heterocycles. The van der Waals surface area contributed by atoms with Crippen LogP contribution in [-0.4, -0.2) is 21.7 Å². The summed E-state index contributed by atoms with van der Waals surface area (Å²) in [4.78, 5) is 12.2. The van der Waals surface area contributed by atoms with Gasteiger partial charge in [0.25, 0.3) is 0 Å². The third kappa shape index (κ3) is 3.03. The van der Waals surface area contributed by atoms with E-state index in [1.54, 1.807) is 0 Å². The molecule has 1 N–H and O–H groups in total. The van der Waals surface area contributed by atoms with Gasteiger partial charge in [-0.25, -0.2) is 0 Å². The van der Waals surface area contributed by atoms with Crippen LogP contribution in [-0.2, 0) is 11.3 Å². The number of halogens is 1. The van der Waals surface area contributed by atoms with Crippen LogP contribution in [0.5, 0.6) is 0 Å². The van der Waals surface area contributed by atoms with Gasteiger partial charge in [0.15, 0.2) is 0 Å². The van der Waals surface area contributed by atoms with E-state index in [0.717, 1.165) is 23.2 Å². The van der Waals surface area contributed by atoms with Crippen molar-refractivity contribution in [2.75, 3.05) is 0 Å². The molecule has 3 rings (SSSR count). The number of rotatable bonds is 5. The lowest BCUT2D eigenvalue weighted by Gasteiger charge is -2.28. The normalized spacial score (nSPS) is 28.1. The monoisotopic (exact) mass is 323 g/mol. The van der Waals surface area contributed by atoms with Gasteiger partial charge >= 0.3 is 0 Å². The Morgan fingerprint density at radius 1 is 1.41 bits per heavy atom. The molecule has 5 heteroatoms. The molecule has 2 fully saturated rings. The first-order chi connectivity index (χ1) is 10.5. The van der Waals surface area contributed by atoms with Gasteiger partial charge in [-0.3, -0.25) is 9.48 Å². The minimum atomic E-state index is 0.124. The van der Waals surface area contributed by atoms with Crippen molar-refractivity contribution >= 4 is 17.5 Å². The quantitative estimate of drug-likeness (QED) is 0.901. The highest BCUT2D eigenvalue weighted by Gasteiger charge is 2.42.